The molecule has 1 N–H and O–H groups in total. The summed E-state index contributed by atoms with van der Waals surface area (Å²) in [4.78, 5) is 13.8. The van der Waals surface area contributed by atoms with Crippen molar-refractivity contribution in [3.63, 3.8) is 0 Å². The summed E-state index contributed by atoms with van der Waals surface area (Å²) in [6.45, 7) is 4.63. The monoisotopic (exact) mass is 279 g/mol. The minimum absolute atomic E-state index is 0.0250. The molecule has 1 aliphatic heterocycles. The van der Waals surface area contributed by atoms with Crippen molar-refractivity contribution >= 4 is 5.97 Å². The minimum Gasteiger partial charge on any atom is -0.480 e. The van der Waals surface area contributed by atoms with Crippen molar-refractivity contribution in [2.24, 2.45) is 0 Å². The van der Waals surface area contributed by atoms with E-state index in [0.29, 0.717) is 6.42 Å². The Kier molecular flexibility index (Phi) is 4.43. The van der Waals surface area contributed by atoms with Crippen molar-refractivity contribution in [2.45, 2.75) is 51.1 Å². The summed E-state index contributed by atoms with van der Waals surface area (Å²) >= 11 is 0. The number of likely N-dealkylation sites (tertiary alicyclic amines) is 1. The molecule has 0 aromatic heterocycles. The van der Waals surface area contributed by atoms with Gasteiger partial charge in [-0.25, -0.2) is 4.39 Å². The van der Waals surface area contributed by atoms with Gasteiger partial charge in [-0.1, -0.05) is 19.1 Å². The number of carbonyl (C=O) groups is 1. The SMILES string of the molecule is CCC(c1ccc(F)cc1)N1CCCCC1(C)C(=O)O. The Morgan fingerprint density at radius 3 is 2.60 bits per heavy atom. The van der Waals surface area contributed by atoms with E-state index in [0.717, 1.165) is 31.4 Å². The number of benzene rings is 1. The lowest BCUT2D eigenvalue weighted by Gasteiger charge is -2.46. The molecular formula is C16H22FNO2. The molecule has 1 aliphatic rings. The smallest absolute Gasteiger partial charge is 0.323 e. The lowest BCUT2D eigenvalue weighted by atomic mass is 9.85. The Labute approximate surface area is 119 Å². The summed E-state index contributed by atoms with van der Waals surface area (Å²) in [6, 6.07) is 6.44. The van der Waals surface area contributed by atoms with Gasteiger partial charge in [0.1, 0.15) is 11.4 Å². The average Bonchev–Trinajstić information content (AvgIpc) is 2.43. The predicted octanol–water partition coefficient (Wildman–Crippen LogP) is 3.61. The fraction of sp³-hybridized carbons (Fsp3) is 0.562. The molecule has 2 unspecified atom stereocenters. The van der Waals surface area contributed by atoms with Gasteiger partial charge in [-0.2, -0.15) is 0 Å². The van der Waals surface area contributed by atoms with Gasteiger partial charge in [-0.15, -0.1) is 0 Å². The Morgan fingerprint density at radius 2 is 2.05 bits per heavy atom. The number of aliphatic carboxylic acids is 1. The van der Waals surface area contributed by atoms with E-state index < -0.39 is 11.5 Å². The second kappa shape index (κ2) is 5.92. The van der Waals surface area contributed by atoms with E-state index in [2.05, 4.69) is 4.90 Å². The molecule has 0 aliphatic carbocycles. The van der Waals surface area contributed by atoms with Crippen LogP contribution >= 0.6 is 0 Å². The molecule has 20 heavy (non-hydrogen) atoms. The number of carboxylic acids is 1. The van der Waals surface area contributed by atoms with Crippen LogP contribution in [0.4, 0.5) is 4.39 Å². The first-order valence-electron chi connectivity index (χ1n) is 7.24. The molecule has 2 atom stereocenters. The van der Waals surface area contributed by atoms with Crippen LogP contribution in [0.1, 0.15) is 51.1 Å². The zero-order chi connectivity index (χ0) is 14.8. The summed E-state index contributed by atoms with van der Waals surface area (Å²) in [5, 5.41) is 9.60. The van der Waals surface area contributed by atoms with Crippen molar-refractivity contribution in [2.75, 3.05) is 6.54 Å². The van der Waals surface area contributed by atoms with Crippen LogP contribution < -0.4 is 0 Å². The molecule has 1 fully saturated rings. The molecular weight excluding hydrogens is 257 g/mol. The van der Waals surface area contributed by atoms with Gasteiger partial charge in [0, 0.05) is 6.04 Å². The number of hydrogen-bond donors (Lipinski definition) is 1. The van der Waals surface area contributed by atoms with E-state index in [4.69, 9.17) is 0 Å². The van der Waals surface area contributed by atoms with Crippen LogP contribution in [0.3, 0.4) is 0 Å². The van der Waals surface area contributed by atoms with Gasteiger partial charge in [-0.05, 0) is 56.8 Å². The fourth-order valence-corrected chi connectivity index (χ4v) is 3.19. The Hall–Kier alpha value is -1.42. The summed E-state index contributed by atoms with van der Waals surface area (Å²) in [5.74, 6) is -1.03. The molecule has 1 saturated heterocycles. The average molecular weight is 279 g/mol. The third kappa shape index (κ3) is 2.70. The molecule has 1 aromatic rings. The Morgan fingerprint density at radius 1 is 1.40 bits per heavy atom. The van der Waals surface area contributed by atoms with E-state index in [9.17, 15) is 14.3 Å². The summed E-state index contributed by atoms with van der Waals surface area (Å²) in [6.07, 6.45) is 3.44. The number of halogens is 1. The first kappa shape index (κ1) is 15.0. The molecule has 0 bridgehead atoms. The second-order valence-corrected chi connectivity index (χ2v) is 5.71. The lowest BCUT2D eigenvalue weighted by Crippen LogP contribution is -2.56. The summed E-state index contributed by atoms with van der Waals surface area (Å²) in [5.41, 5.74) is 0.163. The highest BCUT2D eigenvalue weighted by molar-refractivity contribution is 5.78. The summed E-state index contributed by atoms with van der Waals surface area (Å²) in [7, 11) is 0. The molecule has 2 rings (SSSR count). The van der Waals surface area contributed by atoms with E-state index >= 15 is 0 Å². The molecule has 0 radical (unpaired) electrons. The normalized spacial score (nSPS) is 25.4. The molecule has 1 aromatic carbocycles. The van der Waals surface area contributed by atoms with Gasteiger partial charge < -0.3 is 5.11 Å². The zero-order valence-electron chi connectivity index (χ0n) is 12.1. The highest BCUT2D eigenvalue weighted by Gasteiger charge is 2.44. The van der Waals surface area contributed by atoms with Gasteiger partial charge in [0.25, 0.3) is 0 Å². The molecule has 4 heteroatoms. The van der Waals surface area contributed by atoms with Crippen LogP contribution in [0, 0.1) is 5.82 Å². The molecule has 0 amide bonds. The van der Waals surface area contributed by atoms with Gasteiger partial charge in [0.15, 0.2) is 0 Å². The van der Waals surface area contributed by atoms with Crippen LogP contribution in [0.5, 0.6) is 0 Å². The highest BCUT2D eigenvalue weighted by Crippen LogP contribution is 2.37. The highest BCUT2D eigenvalue weighted by atomic mass is 19.1. The van der Waals surface area contributed by atoms with Crippen LogP contribution in [-0.4, -0.2) is 28.1 Å². The zero-order valence-corrected chi connectivity index (χ0v) is 12.1. The first-order chi connectivity index (χ1) is 9.49. The minimum atomic E-state index is -0.826. The maximum atomic E-state index is 13.1. The Bertz CT molecular complexity index is 474. The van der Waals surface area contributed by atoms with Crippen LogP contribution in [0.2, 0.25) is 0 Å². The van der Waals surface area contributed by atoms with E-state index in [1.165, 1.54) is 12.1 Å². The van der Waals surface area contributed by atoms with Crippen molar-refractivity contribution < 1.29 is 14.3 Å². The standard InChI is InChI=1S/C16H22FNO2/c1-3-14(12-6-8-13(17)9-7-12)18-11-5-4-10-16(18,2)15(19)20/h6-9,14H,3-5,10-11H2,1-2H3,(H,19,20). The number of carboxylic acid groups (broad SMARTS) is 1. The van der Waals surface area contributed by atoms with Crippen LogP contribution in [0.15, 0.2) is 24.3 Å². The van der Waals surface area contributed by atoms with E-state index in [1.54, 1.807) is 19.1 Å². The van der Waals surface area contributed by atoms with Gasteiger partial charge in [-0.3, -0.25) is 9.69 Å². The van der Waals surface area contributed by atoms with Crippen molar-refractivity contribution in [1.82, 2.24) is 4.90 Å². The van der Waals surface area contributed by atoms with E-state index in [-0.39, 0.29) is 11.9 Å². The van der Waals surface area contributed by atoms with Crippen molar-refractivity contribution in [3.8, 4) is 0 Å². The van der Waals surface area contributed by atoms with Crippen molar-refractivity contribution in [1.29, 1.82) is 0 Å². The molecule has 0 spiro atoms. The quantitative estimate of drug-likeness (QED) is 0.915. The van der Waals surface area contributed by atoms with E-state index in [1.807, 2.05) is 6.92 Å². The van der Waals surface area contributed by atoms with Crippen molar-refractivity contribution in [3.05, 3.63) is 35.6 Å². The fourth-order valence-electron chi connectivity index (χ4n) is 3.19. The predicted molar refractivity (Wildman–Crippen MR) is 76.0 cm³/mol. The molecule has 1 heterocycles. The maximum Gasteiger partial charge on any atom is 0.323 e. The second-order valence-electron chi connectivity index (χ2n) is 5.71. The number of nitrogens with zero attached hydrogens (tertiary/aromatic N) is 1. The Balaban J connectivity index is 2.33. The maximum absolute atomic E-state index is 13.1. The van der Waals surface area contributed by atoms with Gasteiger partial charge in [0.05, 0.1) is 0 Å². The largest absolute Gasteiger partial charge is 0.480 e. The summed E-state index contributed by atoms with van der Waals surface area (Å²) < 4.78 is 13.1. The number of hydrogen-bond acceptors (Lipinski definition) is 2. The van der Waals surface area contributed by atoms with Gasteiger partial charge >= 0.3 is 5.97 Å². The number of piperidine rings is 1. The topological polar surface area (TPSA) is 40.5 Å². The van der Waals surface area contributed by atoms with Crippen LogP contribution in [-0.2, 0) is 4.79 Å². The third-order valence-corrected chi connectivity index (χ3v) is 4.42. The lowest BCUT2D eigenvalue weighted by molar-refractivity contribution is -0.155. The van der Waals surface area contributed by atoms with Gasteiger partial charge in [0.2, 0.25) is 0 Å². The van der Waals surface area contributed by atoms with Crippen LogP contribution in [0.25, 0.3) is 0 Å². The molecule has 3 nitrogen and oxygen atoms in total. The number of rotatable bonds is 4. The first-order valence-corrected chi connectivity index (χ1v) is 7.24. The molecule has 110 valence electrons. The molecule has 0 saturated carbocycles. The third-order valence-electron chi connectivity index (χ3n) is 4.42.